The number of imide groups is 2. The lowest BCUT2D eigenvalue weighted by molar-refractivity contribution is -0.127. The van der Waals surface area contributed by atoms with Gasteiger partial charge in [-0.3, -0.25) is 9.59 Å². The zero-order valence-corrected chi connectivity index (χ0v) is 19.6. The molecule has 0 saturated heterocycles. The SMILES string of the molecule is C=CN(C=O)C(=O)OCc1ccccc1.O=CN(C(=O)OCc1ccccc1)C1CC(Br)=NO1. The fourth-order valence-electron chi connectivity index (χ4n) is 2.46. The highest BCUT2D eigenvalue weighted by Crippen LogP contribution is 2.18. The Morgan fingerprint density at radius 3 is 1.91 bits per heavy atom. The molecule has 0 spiro atoms. The lowest BCUT2D eigenvalue weighted by Crippen LogP contribution is -2.39. The van der Waals surface area contributed by atoms with Crippen molar-refractivity contribution in [3.63, 3.8) is 0 Å². The van der Waals surface area contributed by atoms with Crippen molar-refractivity contribution in [2.45, 2.75) is 25.9 Å². The van der Waals surface area contributed by atoms with Gasteiger partial charge in [0, 0.05) is 6.20 Å². The van der Waals surface area contributed by atoms with E-state index in [1.165, 1.54) is 0 Å². The van der Waals surface area contributed by atoms with Crippen molar-refractivity contribution in [2.24, 2.45) is 5.16 Å². The summed E-state index contributed by atoms with van der Waals surface area (Å²) in [6.07, 6.45) is -0.112. The van der Waals surface area contributed by atoms with Gasteiger partial charge in [-0.05, 0) is 27.1 Å². The second kappa shape index (κ2) is 14.2. The van der Waals surface area contributed by atoms with Crippen LogP contribution in [0.3, 0.4) is 0 Å². The van der Waals surface area contributed by atoms with Crippen molar-refractivity contribution in [3.8, 4) is 0 Å². The van der Waals surface area contributed by atoms with E-state index in [1.807, 2.05) is 60.7 Å². The smallest absolute Gasteiger partial charge is 0.420 e. The molecule has 3 rings (SSSR count). The van der Waals surface area contributed by atoms with Crippen LogP contribution < -0.4 is 0 Å². The van der Waals surface area contributed by atoms with Gasteiger partial charge >= 0.3 is 12.2 Å². The molecule has 1 aliphatic heterocycles. The first-order chi connectivity index (χ1) is 16.5. The van der Waals surface area contributed by atoms with Crippen LogP contribution in [-0.4, -0.2) is 45.7 Å². The van der Waals surface area contributed by atoms with E-state index in [0.717, 1.165) is 27.1 Å². The standard InChI is InChI=1S/C12H11BrN2O4.C11H11NO3/c13-10-6-11(19-14-10)15(8-16)12(17)18-7-9-4-2-1-3-5-9;1-2-12(9-13)11(14)15-8-10-6-4-3-5-7-10/h1-5,8,11H,6-7H2;2-7,9H,1,8H2. The lowest BCUT2D eigenvalue weighted by atomic mass is 10.2. The van der Waals surface area contributed by atoms with E-state index in [0.29, 0.717) is 23.9 Å². The summed E-state index contributed by atoms with van der Waals surface area (Å²) in [4.78, 5) is 50.7. The Labute approximate surface area is 204 Å². The van der Waals surface area contributed by atoms with Crippen molar-refractivity contribution in [1.82, 2.24) is 9.80 Å². The summed E-state index contributed by atoms with van der Waals surface area (Å²) >= 11 is 3.13. The molecule has 0 N–H and O–H groups in total. The number of oxime groups is 1. The molecule has 1 heterocycles. The van der Waals surface area contributed by atoms with Gasteiger partial charge in [0.2, 0.25) is 19.0 Å². The molecule has 0 bridgehead atoms. The molecule has 0 fully saturated rings. The van der Waals surface area contributed by atoms with E-state index in [1.54, 1.807) is 0 Å². The number of hydrogen-bond acceptors (Lipinski definition) is 8. The van der Waals surface area contributed by atoms with Gasteiger partial charge in [0.05, 0.1) is 6.42 Å². The van der Waals surface area contributed by atoms with Gasteiger partial charge in [-0.2, -0.15) is 0 Å². The van der Waals surface area contributed by atoms with Crippen molar-refractivity contribution in [3.05, 3.63) is 84.6 Å². The number of hydrogen-bond donors (Lipinski definition) is 0. The van der Waals surface area contributed by atoms with Crippen LogP contribution in [-0.2, 0) is 37.1 Å². The Hall–Kier alpha value is -3.99. The molecule has 178 valence electrons. The van der Waals surface area contributed by atoms with Crippen LogP contribution in [0.25, 0.3) is 0 Å². The molecule has 2 aromatic rings. The second-order valence-electron chi connectivity index (χ2n) is 6.52. The number of carbonyl (C=O) groups excluding carboxylic acids is 4. The summed E-state index contributed by atoms with van der Waals surface area (Å²) in [5.41, 5.74) is 1.70. The molecular formula is C23H22BrN3O7. The second-order valence-corrected chi connectivity index (χ2v) is 7.44. The predicted molar refractivity (Wildman–Crippen MR) is 125 cm³/mol. The summed E-state index contributed by atoms with van der Waals surface area (Å²) in [7, 11) is 0. The summed E-state index contributed by atoms with van der Waals surface area (Å²) in [6, 6.07) is 18.4. The number of carbonyl (C=O) groups is 4. The van der Waals surface area contributed by atoms with Crippen molar-refractivity contribution in [1.29, 1.82) is 0 Å². The van der Waals surface area contributed by atoms with Crippen LogP contribution >= 0.6 is 15.9 Å². The monoisotopic (exact) mass is 531 g/mol. The Bertz CT molecular complexity index is 994. The normalized spacial score (nSPS) is 13.7. The van der Waals surface area contributed by atoms with E-state index in [9.17, 15) is 19.2 Å². The highest BCUT2D eigenvalue weighted by Gasteiger charge is 2.31. The lowest BCUT2D eigenvalue weighted by Gasteiger charge is -2.19. The third-order valence-electron chi connectivity index (χ3n) is 4.18. The number of amides is 4. The van der Waals surface area contributed by atoms with E-state index >= 15 is 0 Å². The Morgan fingerprint density at radius 2 is 1.50 bits per heavy atom. The van der Waals surface area contributed by atoms with Crippen LogP contribution in [0.4, 0.5) is 9.59 Å². The van der Waals surface area contributed by atoms with E-state index < -0.39 is 18.4 Å². The minimum atomic E-state index is -0.763. The summed E-state index contributed by atoms with van der Waals surface area (Å²) < 4.78 is 10.4. The molecule has 0 radical (unpaired) electrons. The maximum atomic E-state index is 11.8. The molecule has 1 unspecified atom stereocenters. The largest absolute Gasteiger partial charge is 0.444 e. The molecule has 0 aliphatic carbocycles. The van der Waals surface area contributed by atoms with Crippen LogP contribution in [0.5, 0.6) is 0 Å². The van der Waals surface area contributed by atoms with Crippen molar-refractivity contribution >= 4 is 45.6 Å². The molecule has 0 aromatic heterocycles. The third-order valence-corrected chi connectivity index (χ3v) is 4.65. The maximum absolute atomic E-state index is 11.8. The molecule has 0 saturated carbocycles. The molecular weight excluding hydrogens is 510 g/mol. The topological polar surface area (TPSA) is 115 Å². The van der Waals surface area contributed by atoms with Gasteiger partial charge < -0.3 is 14.3 Å². The fourth-order valence-corrected chi connectivity index (χ4v) is 2.82. The van der Waals surface area contributed by atoms with Crippen molar-refractivity contribution in [2.75, 3.05) is 0 Å². The zero-order valence-electron chi connectivity index (χ0n) is 18.0. The summed E-state index contributed by atoms with van der Waals surface area (Å²) in [6.45, 7) is 3.53. The molecule has 10 nitrogen and oxygen atoms in total. The van der Waals surface area contributed by atoms with Gasteiger partial charge in [-0.25, -0.2) is 19.4 Å². The molecule has 34 heavy (non-hydrogen) atoms. The number of ether oxygens (including phenoxy) is 2. The highest BCUT2D eigenvalue weighted by atomic mass is 79.9. The summed E-state index contributed by atoms with van der Waals surface area (Å²) in [5, 5.41) is 3.61. The average Bonchev–Trinajstić information content (AvgIpc) is 3.30. The minimum Gasteiger partial charge on any atom is -0.444 e. The van der Waals surface area contributed by atoms with Gasteiger partial charge in [0.15, 0.2) is 0 Å². The van der Waals surface area contributed by atoms with Crippen LogP contribution in [0, 0.1) is 0 Å². The minimum absolute atomic E-state index is 0.0960. The van der Waals surface area contributed by atoms with Crippen LogP contribution in [0.15, 0.2) is 78.6 Å². The van der Waals surface area contributed by atoms with Gasteiger partial charge in [0.25, 0.3) is 0 Å². The van der Waals surface area contributed by atoms with Crippen LogP contribution in [0.1, 0.15) is 17.5 Å². The Morgan fingerprint density at radius 1 is 0.971 bits per heavy atom. The fraction of sp³-hybridized carbons (Fsp3) is 0.174. The first-order valence-corrected chi connectivity index (χ1v) is 10.7. The Kier molecular flexibility index (Phi) is 11.0. The van der Waals surface area contributed by atoms with Gasteiger partial charge in [-0.1, -0.05) is 72.4 Å². The average molecular weight is 532 g/mol. The van der Waals surface area contributed by atoms with Gasteiger partial charge in [0.1, 0.15) is 17.8 Å². The summed E-state index contributed by atoms with van der Waals surface area (Å²) in [5.74, 6) is 0. The number of halogens is 1. The molecule has 1 aliphatic rings. The van der Waals surface area contributed by atoms with E-state index in [4.69, 9.17) is 14.3 Å². The molecule has 11 heteroatoms. The number of rotatable bonds is 8. The number of benzene rings is 2. The quantitative estimate of drug-likeness (QED) is 0.469. The third kappa shape index (κ3) is 8.51. The van der Waals surface area contributed by atoms with Crippen LogP contribution in [0.2, 0.25) is 0 Å². The van der Waals surface area contributed by atoms with E-state index in [-0.39, 0.29) is 13.2 Å². The molecule has 2 aromatic carbocycles. The van der Waals surface area contributed by atoms with Crippen molar-refractivity contribution < 1.29 is 33.5 Å². The molecule has 1 atom stereocenters. The number of nitrogens with zero attached hydrogens (tertiary/aromatic N) is 3. The first kappa shape index (κ1) is 26.3. The Balaban J connectivity index is 0.000000248. The first-order valence-electron chi connectivity index (χ1n) is 9.87. The highest BCUT2D eigenvalue weighted by molar-refractivity contribution is 9.18. The maximum Gasteiger partial charge on any atom is 0.420 e. The molecule has 4 amide bonds. The van der Waals surface area contributed by atoms with Gasteiger partial charge in [-0.15, -0.1) is 0 Å². The predicted octanol–water partition coefficient (Wildman–Crippen LogP) is 4.16. The van der Waals surface area contributed by atoms with E-state index in [2.05, 4.69) is 27.7 Å². The zero-order chi connectivity index (χ0) is 24.8.